The first kappa shape index (κ1) is 12.2. The van der Waals surface area contributed by atoms with E-state index in [-0.39, 0.29) is 5.56 Å². The maximum absolute atomic E-state index is 12.6. The fourth-order valence-corrected chi connectivity index (χ4v) is 1.12. The van der Waals surface area contributed by atoms with E-state index in [1.807, 2.05) is 0 Å². The molecule has 16 heavy (non-hydrogen) atoms. The zero-order chi connectivity index (χ0) is 12.1. The van der Waals surface area contributed by atoms with Crippen molar-refractivity contribution in [2.24, 2.45) is 0 Å². The molecule has 0 unspecified atom stereocenters. The van der Waals surface area contributed by atoms with E-state index in [2.05, 4.69) is 10.1 Å². The van der Waals surface area contributed by atoms with Gasteiger partial charge in [0.2, 0.25) is 0 Å². The smallest absolute Gasteiger partial charge is 0.328 e. The number of methoxy groups -OCH3 is 1. The van der Waals surface area contributed by atoms with Gasteiger partial charge < -0.3 is 10.1 Å². The van der Waals surface area contributed by atoms with Crippen molar-refractivity contribution in [1.29, 1.82) is 0 Å². The molecule has 1 atom stereocenters. The first-order chi connectivity index (χ1) is 7.54. The molecule has 0 saturated carbocycles. The lowest BCUT2D eigenvalue weighted by molar-refractivity contribution is -0.142. The lowest BCUT2D eigenvalue weighted by Gasteiger charge is -2.11. The number of benzene rings is 1. The fraction of sp³-hybridized carbons (Fsp3) is 0.273. The molecule has 1 aromatic rings. The number of amides is 1. The number of halogens is 1. The molecule has 86 valence electrons. The van der Waals surface area contributed by atoms with E-state index in [9.17, 15) is 14.0 Å². The van der Waals surface area contributed by atoms with Crippen LogP contribution < -0.4 is 5.32 Å². The average Bonchev–Trinajstić information content (AvgIpc) is 2.28. The van der Waals surface area contributed by atoms with Gasteiger partial charge in [-0.1, -0.05) is 0 Å². The summed E-state index contributed by atoms with van der Waals surface area (Å²) in [6.07, 6.45) is 0. The van der Waals surface area contributed by atoms with Crippen LogP contribution in [0, 0.1) is 5.82 Å². The monoisotopic (exact) mass is 225 g/mol. The van der Waals surface area contributed by atoms with Crippen LogP contribution in [0.5, 0.6) is 0 Å². The fourth-order valence-electron chi connectivity index (χ4n) is 1.12. The summed E-state index contributed by atoms with van der Waals surface area (Å²) in [6, 6.07) is 4.31. The first-order valence-electron chi connectivity index (χ1n) is 4.69. The van der Waals surface area contributed by atoms with Gasteiger partial charge in [0.1, 0.15) is 11.9 Å². The summed E-state index contributed by atoms with van der Waals surface area (Å²) in [6.45, 7) is 1.51. The number of hydrogen-bond acceptors (Lipinski definition) is 3. The quantitative estimate of drug-likeness (QED) is 0.784. The average molecular weight is 225 g/mol. The van der Waals surface area contributed by atoms with E-state index in [1.54, 1.807) is 0 Å². The Morgan fingerprint density at radius 3 is 2.38 bits per heavy atom. The molecule has 0 aliphatic heterocycles. The Balaban J connectivity index is 2.65. The largest absolute Gasteiger partial charge is 0.467 e. The van der Waals surface area contributed by atoms with Crippen molar-refractivity contribution < 1.29 is 18.7 Å². The van der Waals surface area contributed by atoms with Crippen molar-refractivity contribution >= 4 is 11.9 Å². The van der Waals surface area contributed by atoms with Crippen LogP contribution in [0.2, 0.25) is 0 Å². The highest BCUT2D eigenvalue weighted by atomic mass is 19.1. The van der Waals surface area contributed by atoms with Crippen LogP contribution in [0.4, 0.5) is 4.39 Å². The highest BCUT2D eigenvalue weighted by Crippen LogP contribution is 2.03. The Hall–Kier alpha value is -1.91. The summed E-state index contributed by atoms with van der Waals surface area (Å²) in [4.78, 5) is 22.6. The van der Waals surface area contributed by atoms with Crippen LogP contribution >= 0.6 is 0 Å². The molecule has 1 amide bonds. The molecule has 0 aliphatic carbocycles. The second-order valence-corrected chi connectivity index (χ2v) is 3.23. The Labute approximate surface area is 92.4 Å². The van der Waals surface area contributed by atoms with E-state index in [0.29, 0.717) is 0 Å². The molecule has 0 radical (unpaired) electrons. The molecule has 0 spiro atoms. The van der Waals surface area contributed by atoms with Crippen LogP contribution in [-0.4, -0.2) is 25.0 Å². The van der Waals surface area contributed by atoms with Crippen molar-refractivity contribution in [2.45, 2.75) is 13.0 Å². The van der Waals surface area contributed by atoms with E-state index in [1.165, 1.54) is 38.3 Å². The molecule has 0 bridgehead atoms. The molecule has 0 aliphatic rings. The van der Waals surface area contributed by atoms with Crippen LogP contribution in [0.3, 0.4) is 0 Å². The zero-order valence-electron chi connectivity index (χ0n) is 8.99. The third kappa shape index (κ3) is 3.05. The van der Waals surface area contributed by atoms with E-state index >= 15 is 0 Å². The third-order valence-electron chi connectivity index (χ3n) is 2.01. The number of nitrogens with one attached hydrogen (secondary N) is 1. The van der Waals surface area contributed by atoms with Crippen molar-refractivity contribution in [3.05, 3.63) is 35.6 Å². The second-order valence-electron chi connectivity index (χ2n) is 3.23. The number of carbonyl (C=O) groups is 2. The van der Waals surface area contributed by atoms with Gasteiger partial charge in [-0.05, 0) is 31.2 Å². The van der Waals surface area contributed by atoms with E-state index in [4.69, 9.17) is 0 Å². The number of carbonyl (C=O) groups excluding carboxylic acids is 2. The lowest BCUT2D eigenvalue weighted by atomic mass is 10.2. The molecule has 1 N–H and O–H groups in total. The van der Waals surface area contributed by atoms with Crippen LogP contribution in [0.1, 0.15) is 17.3 Å². The highest BCUT2D eigenvalue weighted by Gasteiger charge is 2.16. The summed E-state index contributed by atoms with van der Waals surface area (Å²) in [5.74, 6) is -1.40. The molecule has 0 aromatic heterocycles. The lowest BCUT2D eigenvalue weighted by Crippen LogP contribution is -2.39. The minimum atomic E-state index is -0.734. The molecule has 0 heterocycles. The summed E-state index contributed by atoms with van der Waals surface area (Å²) in [5.41, 5.74) is 0.289. The Bertz CT molecular complexity index is 389. The van der Waals surface area contributed by atoms with Crippen molar-refractivity contribution in [3.63, 3.8) is 0 Å². The molecule has 1 aromatic carbocycles. The van der Waals surface area contributed by atoms with Crippen LogP contribution in [0.25, 0.3) is 0 Å². The predicted octanol–water partition coefficient (Wildman–Crippen LogP) is 1.12. The predicted molar refractivity (Wildman–Crippen MR) is 55.3 cm³/mol. The van der Waals surface area contributed by atoms with E-state index in [0.717, 1.165) is 0 Å². The Morgan fingerprint density at radius 1 is 1.31 bits per heavy atom. The van der Waals surface area contributed by atoms with Gasteiger partial charge in [0, 0.05) is 5.56 Å². The van der Waals surface area contributed by atoms with Gasteiger partial charge in [-0.2, -0.15) is 0 Å². The maximum atomic E-state index is 12.6. The molecule has 1 rings (SSSR count). The molecular formula is C11H12FNO3. The summed E-state index contributed by atoms with van der Waals surface area (Å²) in [5, 5.41) is 2.43. The number of ether oxygens (including phenoxy) is 1. The van der Waals surface area contributed by atoms with Gasteiger partial charge in [0.15, 0.2) is 0 Å². The van der Waals surface area contributed by atoms with Gasteiger partial charge in [0.25, 0.3) is 5.91 Å². The molecule has 5 heteroatoms. The maximum Gasteiger partial charge on any atom is 0.328 e. The molecular weight excluding hydrogens is 213 g/mol. The topological polar surface area (TPSA) is 55.4 Å². The SMILES string of the molecule is COC(=O)[C@H](C)NC(=O)c1ccc(F)cc1. The van der Waals surface area contributed by atoms with Gasteiger partial charge in [0.05, 0.1) is 7.11 Å². The normalized spacial score (nSPS) is 11.7. The Kier molecular flexibility index (Phi) is 3.99. The zero-order valence-corrected chi connectivity index (χ0v) is 8.99. The minimum Gasteiger partial charge on any atom is -0.467 e. The van der Waals surface area contributed by atoms with Crippen molar-refractivity contribution in [3.8, 4) is 0 Å². The number of hydrogen-bond donors (Lipinski definition) is 1. The third-order valence-corrected chi connectivity index (χ3v) is 2.01. The molecule has 0 fully saturated rings. The minimum absolute atomic E-state index is 0.289. The summed E-state index contributed by atoms with van der Waals surface area (Å²) >= 11 is 0. The van der Waals surface area contributed by atoms with Crippen molar-refractivity contribution in [2.75, 3.05) is 7.11 Å². The van der Waals surface area contributed by atoms with Gasteiger partial charge in [-0.15, -0.1) is 0 Å². The molecule has 0 saturated heterocycles. The van der Waals surface area contributed by atoms with E-state index < -0.39 is 23.7 Å². The summed E-state index contributed by atoms with van der Waals surface area (Å²) in [7, 11) is 1.24. The number of esters is 1. The van der Waals surface area contributed by atoms with Gasteiger partial charge >= 0.3 is 5.97 Å². The van der Waals surface area contributed by atoms with Gasteiger partial charge in [-0.25, -0.2) is 9.18 Å². The van der Waals surface area contributed by atoms with Crippen LogP contribution in [-0.2, 0) is 9.53 Å². The molecule has 4 nitrogen and oxygen atoms in total. The highest BCUT2D eigenvalue weighted by molar-refractivity contribution is 5.96. The van der Waals surface area contributed by atoms with Crippen molar-refractivity contribution in [1.82, 2.24) is 5.32 Å². The summed E-state index contributed by atoms with van der Waals surface area (Å²) < 4.78 is 17.0. The standard InChI is InChI=1S/C11H12FNO3/c1-7(11(15)16-2)13-10(14)8-3-5-9(12)6-4-8/h3-7H,1-2H3,(H,13,14)/t7-/m0/s1. The van der Waals surface area contributed by atoms with Gasteiger partial charge in [-0.3, -0.25) is 4.79 Å². The Morgan fingerprint density at radius 2 is 1.88 bits per heavy atom. The first-order valence-corrected chi connectivity index (χ1v) is 4.69. The van der Waals surface area contributed by atoms with Crippen LogP contribution in [0.15, 0.2) is 24.3 Å². The second kappa shape index (κ2) is 5.25. The number of rotatable bonds is 3.